The first-order chi connectivity index (χ1) is 12.8. The van der Waals surface area contributed by atoms with Gasteiger partial charge in [-0.2, -0.15) is 15.1 Å². The molecule has 2 aromatic heterocycles. The lowest BCUT2D eigenvalue weighted by Crippen LogP contribution is -2.27. The summed E-state index contributed by atoms with van der Waals surface area (Å²) in [7, 11) is 3.15. The lowest BCUT2D eigenvalue weighted by molar-refractivity contribution is 0.352. The van der Waals surface area contributed by atoms with Crippen molar-refractivity contribution in [1.82, 2.24) is 20.2 Å². The Labute approximate surface area is 152 Å². The summed E-state index contributed by atoms with van der Waals surface area (Å²) in [6, 6.07) is 12.5. The summed E-state index contributed by atoms with van der Waals surface area (Å²) < 4.78 is 10.5. The Morgan fingerprint density at radius 3 is 2.58 bits per heavy atom. The van der Waals surface area contributed by atoms with Gasteiger partial charge in [-0.3, -0.25) is 5.10 Å². The van der Waals surface area contributed by atoms with Gasteiger partial charge in [-0.25, -0.2) is 0 Å². The van der Waals surface area contributed by atoms with E-state index >= 15 is 0 Å². The van der Waals surface area contributed by atoms with E-state index in [2.05, 4.69) is 37.2 Å². The normalized spacial score (nSPS) is 13.8. The molecule has 1 aliphatic heterocycles. The van der Waals surface area contributed by atoms with Crippen molar-refractivity contribution < 1.29 is 9.47 Å². The zero-order valence-corrected chi connectivity index (χ0v) is 14.9. The van der Waals surface area contributed by atoms with Crippen molar-refractivity contribution in [3.8, 4) is 23.1 Å². The van der Waals surface area contributed by atoms with Crippen molar-refractivity contribution in [3.63, 3.8) is 0 Å². The van der Waals surface area contributed by atoms with Crippen LogP contribution in [0.25, 0.3) is 11.3 Å². The number of hydrogen-bond acceptors (Lipinski definition) is 6. The Morgan fingerprint density at radius 2 is 1.81 bits per heavy atom. The molecule has 0 aliphatic carbocycles. The highest BCUT2D eigenvalue weighted by Gasteiger charge is 2.22. The van der Waals surface area contributed by atoms with Gasteiger partial charge in [-0.15, -0.1) is 0 Å². The first-order valence-corrected chi connectivity index (χ1v) is 8.62. The second-order valence-electron chi connectivity index (χ2n) is 6.14. The van der Waals surface area contributed by atoms with E-state index in [0.717, 1.165) is 43.0 Å². The number of hydrogen-bond donors (Lipinski definition) is 1. The second kappa shape index (κ2) is 7.03. The summed E-state index contributed by atoms with van der Waals surface area (Å²) in [6.45, 7) is 1.68. The highest BCUT2D eigenvalue weighted by Crippen LogP contribution is 2.28. The molecular formula is C19H21N5O2. The Bertz CT molecular complexity index is 872. The van der Waals surface area contributed by atoms with E-state index in [1.165, 1.54) is 11.3 Å². The van der Waals surface area contributed by atoms with Gasteiger partial charge in [0.05, 0.1) is 19.9 Å². The van der Waals surface area contributed by atoms with E-state index in [0.29, 0.717) is 11.9 Å². The standard InChI is InChI=1S/C19H21N5O2/c1-25-17-12-16(20-19(21-17)26-2)24-10-8-14-15(9-11-24)22-23-18(14)13-6-4-3-5-7-13/h3-7,12H,8-11H2,1-2H3,(H,22,23). The van der Waals surface area contributed by atoms with Crippen LogP contribution in [0.15, 0.2) is 36.4 Å². The van der Waals surface area contributed by atoms with Crippen LogP contribution in [-0.4, -0.2) is 47.5 Å². The molecular weight excluding hydrogens is 330 g/mol. The average molecular weight is 351 g/mol. The molecule has 0 bridgehead atoms. The summed E-state index contributed by atoms with van der Waals surface area (Å²) in [5.41, 5.74) is 4.66. The number of aromatic nitrogens is 4. The van der Waals surface area contributed by atoms with E-state index in [9.17, 15) is 0 Å². The maximum atomic E-state index is 5.27. The van der Waals surface area contributed by atoms with Crippen LogP contribution in [-0.2, 0) is 12.8 Å². The van der Waals surface area contributed by atoms with Gasteiger partial charge in [-0.1, -0.05) is 30.3 Å². The van der Waals surface area contributed by atoms with Crippen molar-refractivity contribution in [3.05, 3.63) is 47.7 Å². The predicted octanol–water partition coefficient (Wildman–Crippen LogP) is 2.49. The minimum atomic E-state index is 0.314. The third-order valence-electron chi connectivity index (χ3n) is 4.65. The highest BCUT2D eigenvalue weighted by atomic mass is 16.5. The van der Waals surface area contributed by atoms with E-state index in [4.69, 9.17) is 9.47 Å². The lowest BCUT2D eigenvalue weighted by Gasteiger charge is -2.22. The van der Waals surface area contributed by atoms with Gasteiger partial charge in [0.2, 0.25) is 5.88 Å². The molecule has 0 saturated heterocycles. The third kappa shape index (κ3) is 3.08. The van der Waals surface area contributed by atoms with Crippen molar-refractivity contribution in [2.24, 2.45) is 0 Å². The SMILES string of the molecule is COc1cc(N2CCc3[nH]nc(-c4ccccc4)c3CC2)nc(OC)n1. The summed E-state index contributed by atoms with van der Waals surface area (Å²) in [6.07, 6.45) is 1.77. The van der Waals surface area contributed by atoms with Crippen LogP contribution >= 0.6 is 0 Å². The molecule has 1 aliphatic rings. The molecule has 7 heteroatoms. The van der Waals surface area contributed by atoms with Crippen LogP contribution in [0.3, 0.4) is 0 Å². The third-order valence-corrected chi connectivity index (χ3v) is 4.65. The lowest BCUT2D eigenvalue weighted by atomic mass is 10.0. The number of anilines is 1. The van der Waals surface area contributed by atoms with Crippen molar-refractivity contribution in [2.45, 2.75) is 12.8 Å². The van der Waals surface area contributed by atoms with Gasteiger partial charge < -0.3 is 14.4 Å². The molecule has 134 valence electrons. The molecule has 0 fully saturated rings. The minimum absolute atomic E-state index is 0.314. The fourth-order valence-electron chi connectivity index (χ4n) is 3.30. The zero-order valence-electron chi connectivity index (χ0n) is 14.9. The molecule has 0 unspecified atom stereocenters. The van der Waals surface area contributed by atoms with Crippen molar-refractivity contribution in [2.75, 3.05) is 32.2 Å². The Balaban J connectivity index is 1.61. The van der Waals surface area contributed by atoms with E-state index in [1.54, 1.807) is 14.2 Å². The van der Waals surface area contributed by atoms with Crippen LogP contribution in [0, 0.1) is 0 Å². The van der Waals surface area contributed by atoms with Crippen LogP contribution in [0.1, 0.15) is 11.3 Å². The molecule has 0 atom stereocenters. The maximum Gasteiger partial charge on any atom is 0.321 e. The molecule has 0 amide bonds. The van der Waals surface area contributed by atoms with Crippen molar-refractivity contribution >= 4 is 5.82 Å². The number of aromatic amines is 1. The summed E-state index contributed by atoms with van der Waals surface area (Å²) in [5.74, 6) is 1.31. The van der Waals surface area contributed by atoms with Crippen LogP contribution in [0.5, 0.6) is 11.9 Å². The number of nitrogens with zero attached hydrogens (tertiary/aromatic N) is 4. The van der Waals surface area contributed by atoms with E-state index < -0.39 is 0 Å². The Hall–Kier alpha value is -3.09. The average Bonchev–Trinajstić information content (AvgIpc) is 2.99. The molecule has 3 heterocycles. The molecule has 0 radical (unpaired) electrons. The smallest absolute Gasteiger partial charge is 0.321 e. The number of ether oxygens (including phenoxy) is 2. The first kappa shape index (κ1) is 16.4. The van der Waals surface area contributed by atoms with Gasteiger partial charge in [-0.05, 0) is 6.42 Å². The molecule has 1 aromatic carbocycles. The monoisotopic (exact) mass is 351 g/mol. The Kier molecular flexibility index (Phi) is 4.43. The first-order valence-electron chi connectivity index (χ1n) is 8.62. The molecule has 1 N–H and O–H groups in total. The zero-order chi connectivity index (χ0) is 17.9. The number of H-pyrrole nitrogens is 1. The van der Waals surface area contributed by atoms with Crippen LogP contribution in [0.2, 0.25) is 0 Å². The molecule has 26 heavy (non-hydrogen) atoms. The molecule has 3 aromatic rings. The Morgan fingerprint density at radius 1 is 1.00 bits per heavy atom. The summed E-state index contributed by atoms with van der Waals surface area (Å²) in [4.78, 5) is 10.9. The minimum Gasteiger partial charge on any atom is -0.481 e. The molecule has 0 spiro atoms. The number of methoxy groups -OCH3 is 2. The number of fused-ring (bicyclic) bond motifs is 1. The topological polar surface area (TPSA) is 76.2 Å². The number of rotatable bonds is 4. The fourth-order valence-corrected chi connectivity index (χ4v) is 3.30. The van der Waals surface area contributed by atoms with E-state index in [-0.39, 0.29) is 0 Å². The summed E-state index contributed by atoms with van der Waals surface area (Å²) >= 11 is 0. The largest absolute Gasteiger partial charge is 0.481 e. The number of nitrogens with one attached hydrogen (secondary N) is 1. The second-order valence-corrected chi connectivity index (χ2v) is 6.14. The summed E-state index contributed by atoms with van der Waals surface area (Å²) in [5, 5.41) is 7.78. The van der Waals surface area contributed by atoms with Gasteiger partial charge >= 0.3 is 6.01 Å². The maximum absolute atomic E-state index is 5.27. The predicted molar refractivity (Wildman–Crippen MR) is 98.8 cm³/mol. The van der Waals surface area contributed by atoms with Crippen molar-refractivity contribution in [1.29, 1.82) is 0 Å². The van der Waals surface area contributed by atoms with Gasteiger partial charge in [0.15, 0.2) is 0 Å². The highest BCUT2D eigenvalue weighted by molar-refractivity contribution is 5.64. The molecule has 7 nitrogen and oxygen atoms in total. The van der Waals surface area contributed by atoms with E-state index in [1.807, 2.05) is 24.3 Å². The molecule has 0 saturated carbocycles. The van der Waals surface area contributed by atoms with Crippen LogP contribution in [0.4, 0.5) is 5.82 Å². The van der Waals surface area contributed by atoms with Gasteiger partial charge in [0.1, 0.15) is 5.82 Å². The van der Waals surface area contributed by atoms with Gasteiger partial charge in [0.25, 0.3) is 0 Å². The van der Waals surface area contributed by atoms with Gasteiger partial charge in [0, 0.05) is 42.4 Å². The molecule has 4 rings (SSSR count). The quantitative estimate of drug-likeness (QED) is 0.778. The van der Waals surface area contributed by atoms with Crippen LogP contribution < -0.4 is 14.4 Å². The number of benzene rings is 1. The fraction of sp³-hybridized carbons (Fsp3) is 0.316.